The topological polar surface area (TPSA) is 53.5 Å². The molecular formula is C30H37ClFN5O. The fourth-order valence-electron chi connectivity index (χ4n) is 8.87. The largest absolute Gasteiger partial charge is 0.461 e. The second-order valence-corrected chi connectivity index (χ2v) is 13.3. The second kappa shape index (κ2) is 8.77. The lowest BCUT2D eigenvalue weighted by Crippen LogP contribution is -2.52. The summed E-state index contributed by atoms with van der Waals surface area (Å²) in [6.45, 7) is 3.96. The Hall–Kier alpha value is -1.96. The summed E-state index contributed by atoms with van der Waals surface area (Å²) in [5.74, 6) is 1.08. The van der Waals surface area contributed by atoms with Gasteiger partial charge in [-0.25, -0.2) is 4.39 Å². The van der Waals surface area contributed by atoms with Crippen LogP contribution in [0.1, 0.15) is 67.3 Å². The van der Waals surface area contributed by atoms with Crippen LogP contribution >= 0.6 is 11.6 Å². The molecule has 0 unspecified atom stereocenters. The third-order valence-electron chi connectivity index (χ3n) is 10.7. The lowest BCUT2D eigenvalue weighted by atomic mass is 9.69. The minimum atomic E-state index is -0.760. The van der Waals surface area contributed by atoms with Crippen molar-refractivity contribution in [1.82, 2.24) is 20.2 Å². The second-order valence-electron chi connectivity index (χ2n) is 12.9. The number of aromatic nitrogens is 2. The molecule has 1 aromatic heterocycles. The molecule has 0 radical (unpaired) electrons. The molecule has 1 spiro atoms. The van der Waals surface area contributed by atoms with E-state index in [0.717, 1.165) is 81.1 Å². The summed E-state index contributed by atoms with van der Waals surface area (Å²) in [5, 5.41) is 4.66. The zero-order chi connectivity index (χ0) is 25.5. The van der Waals surface area contributed by atoms with Crippen LogP contribution in [0.4, 0.5) is 10.2 Å². The van der Waals surface area contributed by atoms with Gasteiger partial charge in [-0.2, -0.15) is 9.97 Å². The molecule has 4 saturated heterocycles. The number of hydrogen-bond donors (Lipinski definition) is 1. The van der Waals surface area contributed by atoms with Crippen LogP contribution in [-0.4, -0.2) is 71.4 Å². The van der Waals surface area contributed by atoms with Crippen LogP contribution in [0.3, 0.4) is 0 Å². The first-order valence-electron chi connectivity index (χ1n) is 14.7. The minimum absolute atomic E-state index is 0.0897. The Balaban J connectivity index is 1.15. The SMILES string of the molecule is F[C@H]1CN2CCC[C@@]2(COc2nc3c(c(N4C[C@H]5CC[C@@H](C4)N5)n2)CC[C@@]2(CCc4c(Cl)cccc42)C3)C1. The monoisotopic (exact) mass is 537 g/mol. The summed E-state index contributed by atoms with van der Waals surface area (Å²) in [4.78, 5) is 15.0. The zero-order valence-electron chi connectivity index (χ0n) is 22.0. The Morgan fingerprint density at radius 1 is 1.05 bits per heavy atom. The van der Waals surface area contributed by atoms with E-state index in [9.17, 15) is 4.39 Å². The van der Waals surface area contributed by atoms with Crippen molar-refractivity contribution >= 4 is 17.4 Å². The van der Waals surface area contributed by atoms with E-state index in [2.05, 4.69) is 27.2 Å². The number of hydrogen-bond acceptors (Lipinski definition) is 6. The van der Waals surface area contributed by atoms with Gasteiger partial charge in [0.1, 0.15) is 18.6 Å². The summed E-state index contributed by atoms with van der Waals surface area (Å²) < 4.78 is 20.9. The molecule has 6 nitrogen and oxygen atoms in total. The maximum absolute atomic E-state index is 14.4. The third kappa shape index (κ3) is 3.71. The van der Waals surface area contributed by atoms with Crippen molar-refractivity contribution in [1.29, 1.82) is 0 Å². The number of anilines is 1. The smallest absolute Gasteiger partial charge is 0.318 e. The van der Waals surface area contributed by atoms with Crippen molar-refractivity contribution in [2.24, 2.45) is 0 Å². The summed E-state index contributed by atoms with van der Waals surface area (Å²) in [6, 6.07) is 7.97. The number of nitrogens with zero attached hydrogens (tertiary/aromatic N) is 4. The molecule has 4 aliphatic heterocycles. The van der Waals surface area contributed by atoms with Gasteiger partial charge in [0.25, 0.3) is 0 Å². The number of piperazine rings is 1. The molecular weight excluding hydrogens is 501 g/mol. The number of fused-ring (bicyclic) bond motifs is 6. The summed E-state index contributed by atoms with van der Waals surface area (Å²) in [6.07, 6.45) is 9.54. The zero-order valence-corrected chi connectivity index (χ0v) is 22.8. The molecule has 4 fully saturated rings. The van der Waals surface area contributed by atoms with Crippen molar-refractivity contribution in [3.05, 3.63) is 45.6 Å². The number of halogens is 2. The first kappa shape index (κ1) is 23.9. The average molecular weight is 538 g/mol. The van der Waals surface area contributed by atoms with Crippen molar-refractivity contribution in [3.63, 3.8) is 0 Å². The third-order valence-corrected chi connectivity index (χ3v) is 11.1. The van der Waals surface area contributed by atoms with Gasteiger partial charge in [-0.15, -0.1) is 0 Å². The first-order valence-corrected chi connectivity index (χ1v) is 15.1. The minimum Gasteiger partial charge on any atom is -0.461 e. The van der Waals surface area contributed by atoms with E-state index in [1.54, 1.807) is 0 Å². The van der Waals surface area contributed by atoms with Gasteiger partial charge in [-0.1, -0.05) is 23.7 Å². The fraction of sp³-hybridized carbons (Fsp3) is 0.667. The highest BCUT2D eigenvalue weighted by Gasteiger charge is 2.50. The fourth-order valence-corrected chi connectivity index (χ4v) is 9.14. The summed E-state index contributed by atoms with van der Waals surface area (Å²) in [5.41, 5.74) is 5.08. The summed E-state index contributed by atoms with van der Waals surface area (Å²) in [7, 11) is 0. The van der Waals surface area contributed by atoms with Crippen LogP contribution in [0, 0.1) is 0 Å². The normalized spacial score (nSPS) is 35.5. The number of alkyl halides is 1. The number of ether oxygens (including phenoxy) is 1. The summed E-state index contributed by atoms with van der Waals surface area (Å²) >= 11 is 6.63. The molecule has 38 heavy (non-hydrogen) atoms. The highest BCUT2D eigenvalue weighted by molar-refractivity contribution is 6.31. The Morgan fingerprint density at radius 3 is 2.71 bits per heavy atom. The number of rotatable bonds is 4. The number of benzene rings is 1. The van der Waals surface area contributed by atoms with Gasteiger partial charge in [0, 0.05) is 54.1 Å². The predicted molar refractivity (Wildman–Crippen MR) is 146 cm³/mol. The molecule has 1 aromatic carbocycles. The quantitative estimate of drug-likeness (QED) is 0.624. The first-order chi connectivity index (χ1) is 18.5. The molecule has 202 valence electrons. The number of nitrogens with one attached hydrogen (secondary N) is 1. The van der Waals surface area contributed by atoms with Gasteiger partial charge >= 0.3 is 6.01 Å². The Labute approximate surface area is 229 Å². The van der Waals surface area contributed by atoms with Crippen molar-refractivity contribution < 1.29 is 9.13 Å². The van der Waals surface area contributed by atoms with E-state index in [1.165, 1.54) is 29.5 Å². The van der Waals surface area contributed by atoms with E-state index >= 15 is 0 Å². The Bertz CT molecular complexity index is 1260. The van der Waals surface area contributed by atoms with Gasteiger partial charge in [-0.05, 0) is 81.5 Å². The molecule has 8 heteroatoms. The molecule has 2 bridgehead atoms. The van der Waals surface area contributed by atoms with Crippen LogP contribution in [0.5, 0.6) is 6.01 Å². The van der Waals surface area contributed by atoms with Gasteiger partial charge in [-0.3, -0.25) is 4.90 Å². The van der Waals surface area contributed by atoms with Gasteiger partial charge in [0.05, 0.1) is 11.2 Å². The van der Waals surface area contributed by atoms with E-state index in [0.29, 0.717) is 37.7 Å². The van der Waals surface area contributed by atoms with Crippen molar-refractivity contribution in [2.45, 2.75) is 93.4 Å². The van der Waals surface area contributed by atoms with Crippen LogP contribution < -0.4 is 15.0 Å². The molecule has 2 aromatic rings. The van der Waals surface area contributed by atoms with Crippen molar-refractivity contribution in [3.8, 4) is 6.01 Å². The molecule has 5 heterocycles. The van der Waals surface area contributed by atoms with E-state index in [1.807, 2.05) is 6.07 Å². The Morgan fingerprint density at radius 2 is 1.87 bits per heavy atom. The molecule has 1 N–H and O–H groups in total. The van der Waals surface area contributed by atoms with Crippen LogP contribution in [0.15, 0.2) is 18.2 Å². The molecule has 5 atom stereocenters. The van der Waals surface area contributed by atoms with E-state index in [-0.39, 0.29) is 11.0 Å². The molecule has 2 aliphatic carbocycles. The van der Waals surface area contributed by atoms with Crippen LogP contribution in [-0.2, 0) is 24.7 Å². The van der Waals surface area contributed by atoms with Crippen LogP contribution in [0.2, 0.25) is 5.02 Å². The van der Waals surface area contributed by atoms with Gasteiger partial charge < -0.3 is 15.0 Å². The molecule has 0 saturated carbocycles. The lowest BCUT2D eigenvalue weighted by molar-refractivity contribution is 0.107. The van der Waals surface area contributed by atoms with E-state index < -0.39 is 6.17 Å². The van der Waals surface area contributed by atoms with Crippen LogP contribution in [0.25, 0.3) is 0 Å². The van der Waals surface area contributed by atoms with Gasteiger partial charge in [0.2, 0.25) is 0 Å². The highest BCUT2D eigenvalue weighted by atomic mass is 35.5. The maximum atomic E-state index is 14.4. The standard InChI is InChI=1S/C30H37ClFN5O/c31-25-4-1-3-24-22(25)7-10-29(24)11-8-23-26(14-29)34-28(35-27(23)36-16-20-5-6-21(17-36)33-20)38-18-30-9-2-12-37(30)15-19(32)13-30/h1,3-4,19-21,33H,2,5-18H2/t19-,20-,21+,29+,30+/m1/s1. The lowest BCUT2D eigenvalue weighted by Gasteiger charge is -2.39. The Kier molecular flexibility index (Phi) is 5.51. The average Bonchev–Trinajstić information content (AvgIpc) is 3.64. The highest BCUT2D eigenvalue weighted by Crippen LogP contribution is 2.50. The molecule has 8 rings (SSSR count). The predicted octanol–water partition coefficient (Wildman–Crippen LogP) is 4.40. The van der Waals surface area contributed by atoms with Gasteiger partial charge in [0.15, 0.2) is 0 Å². The van der Waals surface area contributed by atoms with Crippen molar-refractivity contribution in [2.75, 3.05) is 37.7 Å². The molecule has 0 amide bonds. The molecule has 6 aliphatic rings. The maximum Gasteiger partial charge on any atom is 0.318 e. The van der Waals surface area contributed by atoms with E-state index in [4.69, 9.17) is 26.3 Å².